The molecule has 4 aromatic rings. The van der Waals surface area contributed by atoms with Crippen molar-refractivity contribution in [1.29, 1.82) is 0 Å². The molecule has 4 amide bonds. The number of imide groups is 2. The van der Waals surface area contributed by atoms with E-state index < -0.39 is 52.6 Å². The van der Waals surface area contributed by atoms with Crippen molar-refractivity contribution in [2.45, 2.75) is 24.2 Å². The van der Waals surface area contributed by atoms with E-state index >= 15 is 4.79 Å². The Bertz CT molecular complexity index is 2060. The fraction of sp³-hybridized carbons (Fsp3) is 0.250. The van der Waals surface area contributed by atoms with Crippen LogP contribution < -0.4 is 15.1 Å². The lowest BCUT2D eigenvalue weighted by Gasteiger charge is -2.50. The van der Waals surface area contributed by atoms with Crippen LogP contribution in [0.15, 0.2) is 115 Å². The molecule has 3 fully saturated rings. The minimum Gasteiger partial charge on any atom is -0.491 e. The maximum Gasteiger partial charge on any atom is 0.260 e. The van der Waals surface area contributed by atoms with Gasteiger partial charge in [-0.15, -0.1) is 0 Å². The summed E-state index contributed by atoms with van der Waals surface area (Å²) in [7, 11) is 0. The minimum absolute atomic E-state index is 0.0981. The zero-order valence-corrected chi connectivity index (χ0v) is 28.0. The number of nitrogens with one attached hydrogen (secondary N) is 1. The lowest BCUT2D eigenvalue weighted by Crippen LogP contribution is -2.53. The summed E-state index contributed by atoms with van der Waals surface area (Å²) in [5, 5.41) is 10.8. The molecule has 4 aromatic carbocycles. The third-order valence-corrected chi connectivity index (χ3v) is 11.1. The predicted octanol–water partition coefficient (Wildman–Crippen LogP) is 6.04. The van der Waals surface area contributed by atoms with Crippen LogP contribution in [0.25, 0.3) is 0 Å². The summed E-state index contributed by atoms with van der Waals surface area (Å²) in [6, 6.07) is 28.3. The van der Waals surface area contributed by atoms with Gasteiger partial charge in [0, 0.05) is 10.9 Å². The van der Waals surface area contributed by atoms with Crippen molar-refractivity contribution in [2.75, 3.05) is 23.5 Å². The largest absolute Gasteiger partial charge is 0.491 e. The number of carbonyl (C=O) groups excluding carboxylic acids is 4. The van der Waals surface area contributed by atoms with Crippen molar-refractivity contribution in [2.24, 2.45) is 23.7 Å². The van der Waals surface area contributed by atoms with E-state index in [1.54, 1.807) is 60.7 Å². The molecule has 6 atom stereocenters. The van der Waals surface area contributed by atoms with E-state index in [-0.39, 0.29) is 31.4 Å². The Morgan fingerprint density at radius 1 is 0.843 bits per heavy atom. The maximum absolute atomic E-state index is 15.2. The molecule has 0 spiro atoms. The molecule has 11 heteroatoms. The van der Waals surface area contributed by atoms with Crippen molar-refractivity contribution in [3.63, 3.8) is 0 Å². The molecule has 2 aliphatic carbocycles. The quantitative estimate of drug-likeness (QED) is 0.170. The molecular formula is C40H33ClFN3O6. The first kappa shape index (κ1) is 32.9. The fourth-order valence-electron chi connectivity index (χ4n) is 8.78. The van der Waals surface area contributed by atoms with Crippen LogP contribution in [0.2, 0.25) is 5.02 Å². The predicted molar refractivity (Wildman–Crippen MR) is 187 cm³/mol. The van der Waals surface area contributed by atoms with Gasteiger partial charge in [-0.2, -0.15) is 5.01 Å². The number of hydrazine groups is 1. The molecule has 51 heavy (non-hydrogen) atoms. The number of aliphatic hydroxyl groups is 1. The lowest BCUT2D eigenvalue weighted by atomic mass is 9.49. The normalized spacial score (nSPS) is 26.8. The summed E-state index contributed by atoms with van der Waals surface area (Å²) in [4.78, 5) is 59.5. The average Bonchev–Trinajstić information content (AvgIpc) is 3.53. The highest BCUT2D eigenvalue weighted by atomic mass is 35.5. The minimum atomic E-state index is -1.48. The van der Waals surface area contributed by atoms with E-state index in [9.17, 15) is 23.9 Å². The lowest BCUT2D eigenvalue weighted by molar-refractivity contribution is -0.138. The molecule has 1 saturated carbocycles. The number of allylic oxidation sites excluding steroid dienone is 2. The molecule has 9 nitrogen and oxygen atoms in total. The second-order valence-corrected chi connectivity index (χ2v) is 13.8. The molecule has 2 heterocycles. The van der Waals surface area contributed by atoms with E-state index in [2.05, 4.69) is 5.43 Å². The van der Waals surface area contributed by atoms with Gasteiger partial charge in [-0.1, -0.05) is 65.7 Å². The number of carbonyl (C=O) groups is 4. The van der Waals surface area contributed by atoms with E-state index in [0.717, 1.165) is 10.6 Å². The van der Waals surface area contributed by atoms with Gasteiger partial charge in [-0.25, -0.2) is 4.39 Å². The Hall–Kier alpha value is -5.32. The topological polar surface area (TPSA) is 116 Å². The number of hydrogen-bond donors (Lipinski definition) is 2. The van der Waals surface area contributed by atoms with E-state index in [0.29, 0.717) is 39.7 Å². The molecule has 0 radical (unpaired) electrons. The summed E-state index contributed by atoms with van der Waals surface area (Å²) in [5.74, 6) is -5.14. The van der Waals surface area contributed by atoms with Crippen LogP contribution in [0.3, 0.4) is 0 Å². The van der Waals surface area contributed by atoms with Crippen molar-refractivity contribution < 1.29 is 33.4 Å². The van der Waals surface area contributed by atoms with Gasteiger partial charge in [0.25, 0.3) is 11.8 Å². The number of aliphatic hydroxyl groups excluding tert-OH is 1. The third-order valence-electron chi connectivity index (χ3n) is 10.8. The van der Waals surface area contributed by atoms with Gasteiger partial charge < -0.3 is 9.84 Å². The van der Waals surface area contributed by atoms with E-state index in [1.165, 1.54) is 29.2 Å². The highest BCUT2D eigenvalue weighted by Gasteiger charge is 2.70. The van der Waals surface area contributed by atoms with Crippen LogP contribution in [0.5, 0.6) is 5.75 Å². The second-order valence-electron chi connectivity index (χ2n) is 13.4. The van der Waals surface area contributed by atoms with Crippen LogP contribution in [-0.4, -0.2) is 47.0 Å². The highest BCUT2D eigenvalue weighted by molar-refractivity contribution is 6.30. The monoisotopic (exact) mass is 705 g/mol. The number of anilines is 2. The van der Waals surface area contributed by atoms with Crippen LogP contribution in [0, 0.1) is 29.5 Å². The zero-order chi connectivity index (χ0) is 35.4. The molecule has 2 aliphatic heterocycles. The first-order valence-electron chi connectivity index (χ1n) is 16.9. The van der Waals surface area contributed by atoms with Crippen LogP contribution in [0.4, 0.5) is 15.8 Å². The number of fused-ring (bicyclic) bond motifs is 4. The van der Waals surface area contributed by atoms with Gasteiger partial charge in [0.05, 0.1) is 41.2 Å². The second kappa shape index (κ2) is 12.8. The first-order valence-corrected chi connectivity index (χ1v) is 17.2. The SMILES string of the molecule is O=C1[C@@H]2C[C@@H]3C(=CC[C@@H]4C(=O)N(c5ccccc5)C(=O)[C@@H]43)[C@H](c3ccc(OCCO)cc3)[C@]2(c2ccc(Cl)cc2)C(=O)N1Nc1ccc(F)cc1. The Morgan fingerprint density at radius 2 is 1.55 bits per heavy atom. The van der Waals surface area contributed by atoms with Crippen LogP contribution in [0.1, 0.15) is 29.9 Å². The molecule has 4 aliphatic rings. The Morgan fingerprint density at radius 3 is 2.24 bits per heavy atom. The molecule has 0 aromatic heterocycles. The van der Waals surface area contributed by atoms with Gasteiger partial charge >= 0.3 is 0 Å². The Labute approximate surface area is 298 Å². The fourth-order valence-corrected chi connectivity index (χ4v) is 8.91. The number of ether oxygens (including phenoxy) is 1. The van der Waals surface area contributed by atoms with Crippen molar-refractivity contribution in [1.82, 2.24) is 5.01 Å². The molecule has 0 unspecified atom stereocenters. The molecule has 8 rings (SSSR count). The first-order chi connectivity index (χ1) is 24.7. The van der Waals surface area contributed by atoms with Crippen molar-refractivity contribution in [3.05, 3.63) is 137 Å². The van der Waals surface area contributed by atoms with Gasteiger partial charge in [-0.3, -0.25) is 29.5 Å². The summed E-state index contributed by atoms with van der Waals surface area (Å²) >= 11 is 6.36. The molecule has 0 bridgehead atoms. The summed E-state index contributed by atoms with van der Waals surface area (Å²) in [6.45, 7) is -0.0655. The molecule has 258 valence electrons. The number of hydrogen-bond acceptors (Lipinski definition) is 7. The molecule has 2 N–H and O–H groups in total. The van der Waals surface area contributed by atoms with Gasteiger partial charge in [0.15, 0.2) is 0 Å². The Kier molecular flexibility index (Phi) is 8.23. The molecular weight excluding hydrogens is 673 g/mol. The number of nitrogens with zero attached hydrogens (tertiary/aromatic N) is 2. The van der Waals surface area contributed by atoms with Gasteiger partial charge in [0.2, 0.25) is 11.8 Å². The number of rotatable bonds is 8. The summed E-state index contributed by atoms with van der Waals surface area (Å²) in [5.41, 5.74) is 4.40. The number of benzene rings is 4. The van der Waals surface area contributed by atoms with E-state index in [1.807, 2.05) is 24.3 Å². The van der Waals surface area contributed by atoms with Crippen LogP contribution in [-0.2, 0) is 24.6 Å². The highest BCUT2D eigenvalue weighted by Crippen LogP contribution is 2.64. The smallest absolute Gasteiger partial charge is 0.260 e. The van der Waals surface area contributed by atoms with Gasteiger partial charge in [-0.05, 0) is 90.6 Å². The van der Waals surface area contributed by atoms with Crippen molar-refractivity contribution in [3.8, 4) is 5.75 Å². The number of halogens is 2. The van der Waals surface area contributed by atoms with Gasteiger partial charge in [0.1, 0.15) is 18.2 Å². The average molecular weight is 706 g/mol. The van der Waals surface area contributed by atoms with Crippen molar-refractivity contribution >= 4 is 46.6 Å². The maximum atomic E-state index is 15.2. The van der Waals surface area contributed by atoms with E-state index in [4.69, 9.17) is 16.3 Å². The number of para-hydroxylation sites is 1. The standard InChI is InChI=1S/C40H33ClFN3O6/c41-25-10-8-24(9-11-25)40-33(37(48)45(39(40)50)43-27-14-12-26(42)13-15-27)22-32-30(35(40)23-6-16-29(17-7-23)51-21-20-46)18-19-31-34(32)38(49)44(36(31)47)28-4-2-1-3-5-28/h1-18,31-35,43,46H,19-22H2/t31-,32+,33-,34-,35-,40+/m0/s1. The third kappa shape index (κ3) is 5.15. The Balaban J connectivity index is 1.31. The molecule has 2 saturated heterocycles. The number of amides is 4. The van der Waals surface area contributed by atoms with Crippen LogP contribution >= 0.6 is 11.6 Å². The summed E-state index contributed by atoms with van der Waals surface area (Å²) in [6.07, 6.45) is 2.42. The summed E-state index contributed by atoms with van der Waals surface area (Å²) < 4.78 is 19.5. The zero-order valence-electron chi connectivity index (χ0n) is 27.2.